The van der Waals surface area contributed by atoms with Crippen LogP contribution in [0.1, 0.15) is 36.0 Å². The first kappa shape index (κ1) is 19.3. The molecule has 2 fully saturated rings. The lowest BCUT2D eigenvalue weighted by molar-refractivity contribution is -0.132. The smallest absolute Gasteiger partial charge is 0.223 e. The van der Waals surface area contributed by atoms with Gasteiger partial charge in [0.25, 0.3) is 0 Å². The molecule has 0 aliphatic carbocycles. The zero-order valence-electron chi connectivity index (χ0n) is 15.2. The Morgan fingerprint density at radius 2 is 1.81 bits per heavy atom. The number of halogens is 1. The number of carbonyl (C=O) groups is 2. The number of nitrogens with zero attached hydrogens (tertiary/aromatic N) is 2. The molecule has 1 aromatic carbocycles. The van der Waals surface area contributed by atoms with Gasteiger partial charge in [-0.25, -0.2) is 0 Å². The first-order valence-corrected chi connectivity index (χ1v) is 9.86. The third kappa shape index (κ3) is 5.53. The summed E-state index contributed by atoms with van der Waals surface area (Å²) in [4.78, 5) is 29.0. The third-order valence-electron chi connectivity index (χ3n) is 5.30. The van der Waals surface area contributed by atoms with Crippen molar-refractivity contribution in [3.8, 4) is 0 Å². The van der Waals surface area contributed by atoms with Crippen LogP contribution < -0.4 is 0 Å². The van der Waals surface area contributed by atoms with Gasteiger partial charge in [-0.3, -0.25) is 14.5 Å². The Bertz CT molecular complexity index is 623. The second kappa shape index (κ2) is 9.49. The highest BCUT2D eigenvalue weighted by Crippen LogP contribution is 2.20. The minimum Gasteiger partial charge on any atom is -0.379 e. The van der Waals surface area contributed by atoms with E-state index in [4.69, 9.17) is 16.3 Å². The Morgan fingerprint density at radius 1 is 1.08 bits per heavy atom. The maximum Gasteiger partial charge on any atom is 0.223 e. The number of hydrogen-bond donors (Lipinski definition) is 0. The number of morpholine rings is 1. The number of hydrogen-bond acceptors (Lipinski definition) is 4. The van der Waals surface area contributed by atoms with Crippen LogP contribution in [-0.4, -0.2) is 67.4 Å². The predicted octanol–water partition coefficient (Wildman–Crippen LogP) is 2.87. The summed E-state index contributed by atoms with van der Waals surface area (Å²) in [5.41, 5.74) is 0.578. The van der Waals surface area contributed by atoms with Crippen LogP contribution in [0.2, 0.25) is 5.02 Å². The topological polar surface area (TPSA) is 49.9 Å². The van der Waals surface area contributed by atoms with Crippen molar-refractivity contribution in [2.24, 2.45) is 5.92 Å². The minimum absolute atomic E-state index is 0.0250. The fourth-order valence-electron chi connectivity index (χ4n) is 3.70. The van der Waals surface area contributed by atoms with Crippen LogP contribution in [-0.2, 0) is 9.53 Å². The van der Waals surface area contributed by atoms with Crippen molar-refractivity contribution in [1.29, 1.82) is 0 Å². The maximum absolute atomic E-state index is 12.4. The molecule has 3 rings (SSSR count). The van der Waals surface area contributed by atoms with Gasteiger partial charge in [0.15, 0.2) is 5.78 Å². The summed E-state index contributed by atoms with van der Waals surface area (Å²) in [5, 5.41) is 0.546. The average Bonchev–Trinajstić information content (AvgIpc) is 2.67. The molecule has 1 aromatic rings. The number of amides is 1. The van der Waals surface area contributed by atoms with E-state index >= 15 is 0 Å². The Kier molecular flexibility index (Phi) is 7.06. The van der Waals surface area contributed by atoms with Crippen LogP contribution in [0.3, 0.4) is 0 Å². The third-order valence-corrected chi connectivity index (χ3v) is 5.53. The molecule has 0 saturated carbocycles. The Labute approximate surface area is 160 Å². The molecular formula is C20H27ClN2O3. The summed E-state index contributed by atoms with van der Waals surface area (Å²) >= 11 is 5.92. The van der Waals surface area contributed by atoms with Gasteiger partial charge < -0.3 is 9.64 Å². The molecule has 0 aromatic heterocycles. The number of ether oxygens (including phenoxy) is 1. The fourth-order valence-corrected chi connectivity index (χ4v) is 3.89. The summed E-state index contributed by atoms with van der Waals surface area (Å²) in [6, 6.07) is 6.91. The van der Waals surface area contributed by atoms with E-state index in [1.807, 2.05) is 4.90 Å². The first-order valence-electron chi connectivity index (χ1n) is 9.48. The molecule has 0 radical (unpaired) electrons. The van der Waals surface area contributed by atoms with Crippen molar-refractivity contribution in [3.63, 3.8) is 0 Å². The van der Waals surface area contributed by atoms with Gasteiger partial charge in [-0.2, -0.15) is 0 Å². The normalized spacial score (nSPS) is 19.5. The van der Waals surface area contributed by atoms with Gasteiger partial charge in [0.05, 0.1) is 13.2 Å². The molecule has 2 saturated heterocycles. The summed E-state index contributed by atoms with van der Waals surface area (Å²) in [6.07, 6.45) is 2.61. The second-order valence-electron chi connectivity index (χ2n) is 7.17. The summed E-state index contributed by atoms with van der Waals surface area (Å²) in [5.74, 6) is 0.721. The van der Waals surface area contributed by atoms with Gasteiger partial charge in [0.2, 0.25) is 5.91 Å². The highest BCUT2D eigenvalue weighted by Gasteiger charge is 2.25. The van der Waals surface area contributed by atoms with E-state index in [-0.39, 0.29) is 24.5 Å². The average molecular weight is 379 g/mol. The zero-order valence-corrected chi connectivity index (χ0v) is 15.9. The van der Waals surface area contributed by atoms with Crippen LogP contribution in [0.4, 0.5) is 0 Å². The lowest BCUT2D eigenvalue weighted by Crippen LogP contribution is -2.44. The number of carbonyl (C=O) groups excluding carboxylic acids is 2. The van der Waals surface area contributed by atoms with Gasteiger partial charge in [-0.15, -0.1) is 0 Å². The molecule has 0 spiro atoms. The van der Waals surface area contributed by atoms with Crippen LogP contribution in [0, 0.1) is 5.92 Å². The van der Waals surface area contributed by atoms with E-state index < -0.39 is 0 Å². The van der Waals surface area contributed by atoms with Crippen molar-refractivity contribution in [2.45, 2.75) is 25.7 Å². The van der Waals surface area contributed by atoms with E-state index in [9.17, 15) is 9.59 Å². The highest BCUT2D eigenvalue weighted by atomic mass is 35.5. The fraction of sp³-hybridized carbons (Fsp3) is 0.600. The zero-order chi connectivity index (χ0) is 18.4. The number of rotatable bonds is 6. The molecule has 26 heavy (non-hydrogen) atoms. The van der Waals surface area contributed by atoms with Crippen molar-refractivity contribution in [1.82, 2.24) is 9.80 Å². The summed E-state index contributed by atoms with van der Waals surface area (Å²) in [7, 11) is 0. The molecule has 0 bridgehead atoms. The first-order chi connectivity index (χ1) is 12.6. The van der Waals surface area contributed by atoms with Crippen molar-refractivity contribution in [2.75, 3.05) is 45.9 Å². The molecule has 0 N–H and O–H groups in total. The number of benzene rings is 1. The quantitative estimate of drug-likeness (QED) is 0.714. The number of Topliss-reactive ketones (excluding diaryl/α,β-unsaturated/α-hetero) is 1. The lowest BCUT2D eigenvalue weighted by Gasteiger charge is -2.36. The number of piperidine rings is 1. The summed E-state index contributed by atoms with van der Waals surface area (Å²) < 4.78 is 5.39. The van der Waals surface area contributed by atoms with Gasteiger partial charge in [-0.05, 0) is 30.9 Å². The minimum atomic E-state index is -0.0250. The molecule has 2 aliphatic rings. The molecule has 5 nitrogen and oxygen atoms in total. The van der Waals surface area contributed by atoms with E-state index in [0.29, 0.717) is 16.5 Å². The van der Waals surface area contributed by atoms with Crippen LogP contribution >= 0.6 is 11.6 Å². The SMILES string of the molecule is O=C(CCC(=O)N1CCC(CN2CCOCC2)CC1)c1cccc(Cl)c1. The van der Waals surface area contributed by atoms with E-state index in [0.717, 1.165) is 58.8 Å². The van der Waals surface area contributed by atoms with Gasteiger partial charge in [0, 0.05) is 56.2 Å². The Balaban J connectivity index is 1.38. The van der Waals surface area contributed by atoms with E-state index in [1.54, 1.807) is 24.3 Å². The number of likely N-dealkylation sites (tertiary alicyclic amines) is 1. The second-order valence-corrected chi connectivity index (χ2v) is 7.61. The molecule has 2 aliphatic heterocycles. The van der Waals surface area contributed by atoms with Crippen LogP contribution in [0.15, 0.2) is 24.3 Å². The Hall–Kier alpha value is -1.43. The van der Waals surface area contributed by atoms with Crippen molar-refractivity contribution in [3.05, 3.63) is 34.9 Å². The predicted molar refractivity (Wildman–Crippen MR) is 102 cm³/mol. The Morgan fingerprint density at radius 3 is 2.50 bits per heavy atom. The molecule has 6 heteroatoms. The molecular weight excluding hydrogens is 352 g/mol. The van der Waals surface area contributed by atoms with Gasteiger partial charge >= 0.3 is 0 Å². The largest absolute Gasteiger partial charge is 0.379 e. The molecule has 142 valence electrons. The molecule has 2 heterocycles. The molecule has 0 atom stereocenters. The monoisotopic (exact) mass is 378 g/mol. The highest BCUT2D eigenvalue weighted by molar-refractivity contribution is 6.31. The van der Waals surface area contributed by atoms with Crippen molar-refractivity contribution >= 4 is 23.3 Å². The van der Waals surface area contributed by atoms with E-state index in [1.165, 1.54) is 0 Å². The van der Waals surface area contributed by atoms with Gasteiger partial charge in [-0.1, -0.05) is 23.7 Å². The van der Waals surface area contributed by atoms with Gasteiger partial charge in [0.1, 0.15) is 0 Å². The lowest BCUT2D eigenvalue weighted by atomic mass is 9.95. The van der Waals surface area contributed by atoms with E-state index in [2.05, 4.69) is 4.90 Å². The van der Waals surface area contributed by atoms with Crippen molar-refractivity contribution < 1.29 is 14.3 Å². The maximum atomic E-state index is 12.4. The molecule has 1 amide bonds. The number of ketones is 1. The standard InChI is InChI=1S/C20H27ClN2O3/c21-18-3-1-2-17(14-18)19(24)4-5-20(25)23-8-6-16(7-9-23)15-22-10-12-26-13-11-22/h1-3,14,16H,4-13,15H2. The van der Waals surface area contributed by atoms with Crippen LogP contribution in [0.5, 0.6) is 0 Å². The molecule has 0 unspecified atom stereocenters. The van der Waals surface area contributed by atoms with Crippen LogP contribution in [0.25, 0.3) is 0 Å². The summed E-state index contributed by atoms with van der Waals surface area (Å²) in [6.45, 7) is 6.42.